The van der Waals surface area contributed by atoms with Crippen molar-refractivity contribution in [3.05, 3.63) is 12.2 Å². The topological polar surface area (TPSA) is 368 Å². The van der Waals surface area contributed by atoms with Gasteiger partial charge in [0.2, 0.25) is 5.91 Å². The Balaban J connectivity index is 1.99. The Kier molecular flexibility index (Phi) is 52.1. The predicted octanol–water partition coefficient (Wildman–Crippen LogP) is 12.6. The normalized spacial score (nSPS) is 24.3. The number of amides is 1. The molecule has 3 rings (SSSR count). The standard InChI is InChI=1S/C82H137NO28/c1-13-15-17-19-21-23-25-27-28-29-30-31-32-33-34-35-36-38-40-42-44-46-48-50-70(95)83-65(66(94)49-47-45-43-41-39-37-26-24-22-20-18-16-14-2)51-99-80-77(104-62(10)91)75(103-61(9)90)73(69(107-80)54-98-57(5)86)110-81-79(106-64(12)93)76(72(101-59(7)88)68(108-81)53-97-56(4)85)111-82-78(105-63(11)92)74(102-60(8)89)71(100-58(6)87)67(109-82)52-96-55(3)84/h47,49,65-69,71-82,94H,13-46,48,50-54H2,1-12H3,(H,83,95)/b49-47+/t65-,66+,67?,68?,69?,71-,72-,73+,74?,75?,76?,77?,78?,79?,80+,81-,82+/m0/s1. The first-order valence-corrected chi connectivity index (χ1v) is 41.3. The highest BCUT2D eigenvalue weighted by Crippen LogP contribution is 2.39. The van der Waals surface area contributed by atoms with Gasteiger partial charge in [-0.1, -0.05) is 231 Å². The van der Waals surface area contributed by atoms with E-state index in [1.165, 1.54) is 161 Å². The molecule has 29 heteroatoms. The lowest BCUT2D eigenvalue weighted by molar-refractivity contribution is -0.381. The minimum atomic E-state index is -2.14. The molecule has 0 aliphatic carbocycles. The lowest BCUT2D eigenvalue weighted by Gasteiger charge is -2.50. The summed E-state index contributed by atoms with van der Waals surface area (Å²) in [6.45, 7) is 11.8. The number of ether oxygens (including phenoxy) is 16. The van der Waals surface area contributed by atoms with Crippen molar-refractivity contribution in [2.24, 2.45) is 0 Å². The van der Waals surface area contributed by atoms with Crippen LogP contribution in [0.1, 0.15) is 314 Å². The fourth-order valence-electron chi connectivity index (χ4n) is 14.0. The third-order valence-corrected chi connectivity index (χ3v) is 19.3. The summed E-state index contributed by atoms with van der Waals surface area (Å²) >= 11 is 0. The first-order chi connectivity index (χ1) is 53.1. The largest absolute Gasteiger partial charge is 0.463 e. The van der Waals surface area contributed by atoms with Crippen molar-refractivity contribution < 1.29 is 134 Å². The molecule has 0 aromatic carbocycles. The average Bonchev–Trinajstić information content (AvgIpc) is 0.764. The Morgan fingerprint density at radius 3 is 0.946 bits per heavy atom. The molecule has 9 unspecified atom stereocenters. The molecule has 0 saturated carbocycles. The lowest BCUT2D eigenvalue weighted by atomic mass is 9.95. The number of allylic oxidation sites excluding steroid dienone is 1. The van der Waals surface area contributed by atoms with Crippen molar-refractivity contribution in [1.82, 2.24) is 5.32 Å². The predicted molar refractivity (Wildman–Crippen MR) is 405 cm³/mol. The van der Waals surface area contributed by atoms with E-state index in [9.17, 15) is 57.8 Å². The summed E-state index contributed by atoms with van der Waals surface area (Å²) in [5.41, 5.74) is 0. The molecule has 3 heterocycles. The van der Waals surface area contributed by atoms with Crippen LogP contribution in [0.5, 0.6) is 0 Å². The summed E-state index contributed by atoms with van der Waals surface area (Å²) in [7, 11) is 0. The van der Waals surface area contributed by atoms with Crippen LogP contribution >= 0.6 is 0 Å². The lowest BCUT2D eigenvalue weighted by Crippen LogP contribution is -2.69. The highest BCUT2D eigenvalue weighted by Gasteiger charge is 2.60. The molecule has 0 aromatic heterocycles. The maximum atomic E-state index is 13.9. The summed E-state index contributed by atoms with van der Waals surface area (Å²) in [5.74, 6) is -10.1. The third kappa shape index (κ3) is 43.1. The van der Waals surface area contributed by atoms with Gasteiger partial charge in [0.05, 0.1) is 18.8 Å². The minimum absolute atomic E-state index is 0.133. The monoisotopic (exact) mass is 1580 g/mol. The Bertz CT molecular complexity index is 2730. The Labute approximate surface area is 659 Å². The molecule has 3 aliphatic rings. The zero-order chi connectivity index (χ0) is 81.9. The molecule has 2 N–H and O–H groups in total. The highest BCUT2D eigenvalue weighted by atomic mass is 16.8. The summed E-state index contributed by atoms with van der Waals surface area (Å²) in [4.78, 5) is 144. The second-order valence-corrected chi connectivity index (χ2v) is 29.5. The van der Waals surface area contributed by atoms with Crippen LogP contribution in [-0.4, -0.2) is 201 Å². The van der Waals surface area contributed by atoms with E-state index in [4.69, 9.17) is 75.8 Å². The summed E-state index contributed by atoms with van der Waals surface area (Å²) in [6, 6.07) is -1.16. The van der Waals surface area contributed by atoms with Gasteiger partial charge in [-0.2, -0.15) is 0 Å². The van der Waals surface area contributed by atoms with Crippen LogP contribution in [0.3, 0.4) is 0 Å². The van der Waals surface area contributed by atoms with E-state index in [0.717, 1.165) is 121 Å². The van der Waals surface area contributed by atoms with Gasteiger partial charge in [-0.25, -0.2) is 0 Å². The molecule has 3 saturated heterocycles. The molecule has 0 aromatic rings. The number of hydrogen-bond donors (Lipinski definition) is 2. The fraction of sp³-hybridized carbons (Fsp3) is 0.841. The van der Waals surface area contributed by atoms with E-state index in [1.807, 2.05) is 6.08 Å². The number of nitrogens with one attached hydrogen (secondary N) is 1. The molecule has 3 fully saturated rings. The molecule has 0 bridgehead atoms. The first kappa shape index (κ1) is 98.8. The van der Waals surface area contributed by atoms with Crippen molar-refractivity contribution in [2.75, 3.05) is 26.4 Å². The number of unbranched alkanes of at least 4 members (excludes halogenated alkanes) is 33. The highest BCUT2D eigenvalue weighted by molar-refractivity contribution is 5.76. The zero-order valence-corrected chi connectivity index (χ0v) is 68.7. The minimum Gasteiger partial charge on any atom is -0.463 e. The van der Waals surface area contributed by atoms with Crippen LogP contribution in [0.15, 0.2) is 12.2 Å². The first-order valence-electron chi connectivity index (χ1n) is 41.3. The Hall–Kier alpha value is -6.37. The quantitative estimate of drug-likeness (QED) is 0.0247. The molecule has 638 valence electrons. The Morgan fingerprint density at radius 1 is 0.324 bits per heavy atom. The van der Waals surface area contributed by atoms with Gasteiger partial charge in [-0.3, -0.25) is 52.7 Å². The van der Waals surface area contributed by atoms with Gasteiger partial charge >= 0.3 is 59.7 Å². The number of esters is 10. The summed E-state index contributed by atoms with van der Waals surface area (Å²) in [5, 5.41) is 14.9. The molecule has 0 radical (unpaired) electrons. The van der Waals surface area contributed by atoms with Gasteiger partial charge in [0.1, 0.15) is 50.3 Å². The van der Waals surface area contributed by atoms with Gasteiger partial charge in [0.15, 0.2) is 61.6 Å². The van der Waals surface area contributed by atoms with Crippen LogP contribution in [0.25, 0.3) is 0 Å². The van der Waals surface area contributed by atoms with Crippen LogP contribution in [0.4, 0.5) is 0 Å². The summed E-state index contributed by atoms with van der Waals surface area (Å²) in [6.07, 6.45) is 15.8. The maximum Gasteiger partial charge on any atom is 0.303 e. The van der Waals surface area contributed by atoms with Crippen LogP contribution in [-0.2, 0) is 129 Å². The number of hydrogen-bond acceptors (Lipinski definition) is 28. The second kappa shape index (κ2) is 58.5. The number of carbonyl (C=O) groups is 11. The van der Waals surface area contributed by atoms with Gasteiger partial charge in [-0.15, -0.1) is 0 Å². The molecule has 29 nitrogen and oxygen atoms in total. The second-order valence-electron chi connectivity index (χ2n) is 29.5. The van der Waals surface area contributed by atoms with Gasteiger partial charge in [0, 0.05) is 75.7 Å². The van der Waals surface area contributed by atoms with Crippen molar-refractivity contribution in [3.63, 3.8) is 0 Å². The van der Waals surface area contributed by atoms with E-state index in [2.05, 4.69) is 19.2 Å². The number of carbonyl (C=O) groups excluding carboxylic acids is 11. The van der Waals surface area contributed by atoms with Gasteiger partial charge in [-0.05, 0) is 19.3 Å². The van der Waals surface area contributed by atoms with Crippen molar-refractivity contribution in [1.29, 1.82) is 0 Å². The summed E-state index contributed by atoms with van der Waals surface area (Å²) < 4.78 is 95.5. The van der Waals surface area contributed by atoms with Crippen molar-refractivity contribution in [2.45, 2.75) is 418 Å². The zero-order valence-electron chi connectivity index (χ0n) is 68.7. The SMILES string of the molecule is CCCCCCCCCCCCC/C=C/[C@@H](O)[C@H](CO[C@@H]1OC(COC(C)=O)[C@@H](O[C@@H]2OC(COC(C)=O)[C@H](OC(C)=O)C(O[C@H]3OC(COC(C)=O)[C@H](OC(C)=O)C(OC(C)=O)C3OC(C)=O)C2OC(C)=O)C(OC(C)=O)C1OC(C)=O)NC(=O)CCCCCCCCCCCCCCCCCCCCCCCCC. The van der Waals surface area contributed by atoms with Gasteiger partial charge < -0.3 is 86.2 Å². The average molecular weight is 1580 g/mol. The molecule has 3 aliphatic heterocycles. The number of aliphatic hydroxyl groups excluding tert-OH is 1. The number of rotatable bonds is 59. The van der Waals surface area contributed by atoms with E-state index >= 15 is 0 Å². The fourth-order valence-corrected chi connectivity index (χ4v) is 14.0. The van der Waals surface area contributed by atoms with Crippen LogP contribution < -0.4 is 5.32 Å². The molecule has 1 amide bonds. The maximum absolute atomic E-state index is 13.9. The van der Waals surface area contributed by atoms with E-state index in [1.54, 1.807) is 6.08 Å². The van der Waals surface area contributed by atoms with Gasteiger partial charge in [0.25, 0.3) is 0 Å². The number of aliphatic hydroxyl groups is 1. The van der Waals surface area contributed by atoms with Crippen molar-refractivity contribution in [3.8, 4) is 0 Å². The molecular weight excluding hydrogens is 1450 g/mol. The van der Waals surface area contributed by atoms with E-state index < -0.39 is 190 Å². The molecular formula is C82H137NO28. The van der Waals surface area contributed by atoms with Crippen LogP contribution in [0, 0.1) is 0 Å². The molecule has 0 spiro atoms. The van der Waals surface area contributed by atoms with E-state index in [-0.39, 0.29) is 12.3 Å². The van der Waals surface area contributed by atoms with E-state index in [0.29, 0.717) is 12.8 Å². The Morgan fingerprint density at radius 2 is 0.595 bits per heavy atom. The molecule has 17 atom stereocenters. The van der Waals surface area contributed by atoms with Crippen LogP contribution in [0.2, 0.25) is 0 Å². The van der Waals surface area contributed by atoms with Crippen molar-refractivity contribution >= 4 is 65.6 Å². The smallest absolute Gasteiger partial charge is 0.303 e. The third-order valence-electron chi connectivity index (χ3n) is 19.3. The molecule has 111 heavy (non-hydrogen) atoms.